The second kappa shape index (κ2) is 5.73. The molecule has 1 heterocycles. The molecule has 1 aromatic carbocycles. The van der Waals surface area contributed by atoms with E-state index in [0.29, 0.717) is 17.4 Å². The lowest BCUT2D eigenvalue weighted by atomic mass is 9.80. The van der Waals surface area contributed by atoms with E-state index in [9.17, 15) is 4.79 Å². The predicted octanol–water partition coefficient (Wildman–Crippen LogP) is 2.54. The van der Waals surface area contributed by atoms with E-state index in [-0.39, 0.29) is 17.9 Å². The van der Waals surface area contributed by atoms with Gasteiger partial charge in [-0.25, -0.2) is 0 Å². The maximum Gasteiger partial charge on any atom is 0.260 e. The van der Waals surface area contributed by atoms with Crippen LogP contribution in [0.2, 0.25) is 0 Å². The van der Waals surface area contributed by atoms with Crippen molar-refractivity contribution >= 4 is 11.6 Å². The van der Waals surface area contributed by atoms with Gasteiger partial charge in [0.1, 0.15) is 5.75 Å². The average Bonchev–Trinajstić information content (AvgIpc) is 2.85. The fourth-order valence-corrected chi connectivity index (χ4v) is 2.53. The Kier molecular flexibility index (Phi) is 4.21. The summed E-state index contributed by atoms with van der Waals surface area (Å²) in [5, 5.41) is 0. The van der Waals surface area contributed by atoms with E-state index in [1.165, 1.54) is 0 Å². The van der Waals surface area contributed by atoms with Crippen molar-refractivity contribution in [1.29, 1.82) is 0 Å². The zero-order valence-electron chi connectivity index (χ0n) is 12.6. The Hall–Kier alpha value is -1.71. The minimum Gasteiger partial charge on any atom is -0.484 e. The van der Waals surface area contributed by atoms with E-state index in [4.69, 9.17) is 10.5 Å². The summed E-state index contributed by atoms with van der Waals surface area (Å²) in [7, 11) is 0. The van der Waals surface area contributed by atoms with Crippen LogP contribution in [0.1, 0.15) is 27.2 Å². The summed E-state index contributed by atoms with van der Waals surface area (Å²) in [5.41, 5.74) is 6.57. The summed E-state index contributed by atoms with van der Waals surface area (Å²) in [6.07, 6.45) is 1.08. The molecule has 0 saturated carbocycles. The molecule has 2 N–H and O–H groups in total. The number of hydrogen-bond acceptors (Lipinski definition) is 3. The first-order chi connectivity index (χ1) is 9.36. The third-order valence-electron chi connectivity index (χ3n) is 3.99. The molecule has 0 radical (unpaired) electrons. The van der Waals surface area contributed by atoms with E-state index in [1.807, 2.05) is 17.0 Å². The number of carbonyl (C=O) groups excluding carboxylic acids is 1. The molecular weight excluding hydrogens is 252 g/mol. The number of anilines is 1. The summed E-state index contributed by atoms with van der Waals surface area (Å²) in [5.74, 6) is 1.27. The third-order valence-corrected chi connectivity index (χ3v) is 3.99. The van der Waals surface area contributed by atoms with Crippen molar-refractivity contribution in [2.24, 2.45) is 11.3 Å². The van der Waals surface area contributed by atoms with Crippen LogP contribution in [-0.2, 0) is 4.79 Å². The largest absolute Gasteiger partial charge is 0.484 e. The Balaban J connectivity index is 1.84. The highest BCUT2D eigenvalue weighted by molar-refractivity contribution is 5.78. The smallest absolute Gasteiger partial charge is 0.260 e. The van der Waals surface area contributed by atoms with Crippen molar-refractivity contribution in [3.63, 3.8) is 0 Å². The number of nitrogen functional groups attached to an aromatic ring is 1. The third kappa shape index (κ3) is 3.65. The van der Waals surface area contributed by atoms with Crippen LogP contribution >= 0.6 is 0 Å². The summed E-state index contributed by atoms with van der Waals surface area (Å²) in [6.45, 7) is 8.45. The first-order valence-corrected chi connectivity index (χ1v) is 7.12. The lowest BCUT2D eigenvalue weighted by Crippen LogP contribution is -2.34. The average molecular weight is 276 g/mol. The van der Waals surface area contributed by atoms with Crippen molar-refractivity contribution < 1.29 is 9.53 Å². The van der Waals surface area contributed by atoms with Gasteiger partial charge in [0, 0.05) is 24.8 Å². The number of likely N-dealkylation sites (tertiary alicyclic amines) is 1. The Labute approximate surface area is 120 Å². The minimum absolute atomic E-state index is 0.0548. The monoisotopic (exact) mass is 276 g/mol. The van der Waals surface area contributed by atoms with Crippen LogP contribution in [0.5, 0.6) is 5.75 Å². The molecule has 4 heteroatoms. The molecule has 1 aliphatic heterocycles. The van der Waals surface area contributed by atoms with Gasteiger partial charge in [0.25, 0.3) is 5.91 Å². The molecule has 0 aromatic heterocycles. The van der Waals surface area contributed by atoms with Crippen LogP contribution in [0.15, 0.2) is 24.3 Å². The molecule has 1 amide bonds. The molecule has 1 aliphatic rings. The fraction of sp³-hybridized carbons (Fsp3) is 0.562. The Morgan fingerprint density at radius 2 is 2.20 bits per heavy atom. The van der Waals surface area contributed by atoms with Crippen LogP contribution < -0.4 is 10.5 Å². The number of ether oxygens (including phenoxy) is 1. The van der Waals surface area contributed by atoms with Crippen molar-refractivity contribution in [1.82, 2.24) is 4.90 Å². The molecular formula is C16H24N2O2. The lowest BCUT2D eigenvalue weighted by molar-refractivity contribution is -0.132. The normalized spacial score (nSPS) is 19.1. The maximum atomic E-state index is 12.1. The lowest BCUT2D eigenvalue weighted by Gasteiger charge is -2.26. The second-order valence-corrected chi connectivity index (χ2v) is 6.55. The molecule has 110 valence electrons. The molecule has 1 aromatic rings. The summed E-state index contributed by atoms with van der Waals surface area (Å²) in [4.78, 5) is 14.1. The quantitative estimate of drug-likeness (QED) is 0.863. The zero-order valence-corrected chi connectivity index (χ0v) is 12.6. The fourth-order valence-electron chi connectivity index (χ4n) is 2.53. The van der Waals surface area contributed by atoms with Crippen LogP contribution in [0.3, 0.4) is 0 Å². The Morgan fingerprint density at radius 3 is 2.80 bits per heavy atom. The van der Waals surface area contributed by atoms with Gasteiger partial charge in [-0.2, -0.15) is 0 Å². The van der Waals surface area contributed by atoms with Crippen LogP contribution in [0.25, 0.3) is 0 Å². The van der Waals surface area contributed by atoms with Crippen molar-refractivity contribution in [3.05, 3.63) is 24.3 Å². The molecule has 0 spiro atoms. The van der Waals surface area contributed by atoms with E-state index in [0.717, 1.165) is 19.5 Å². The number of nitrogens with two attached hydrogens (primary N) is 1. The topological polar surface area (TPSA) is 55.6 Å². The highest BCUT2D eigenvalue weighted by Gasteiger charge is 2.33. The van der Waals surface area contributed by atoms with Crippen LogP contribution in [0, 0.1) is 11.3 Å². The molecule has 1 saturated heterocycles. The van der Waals surface area contributed by atoms with Crippen LogP contribution in [-0.4, -0.2) is 30.5 Å². The highest BCUT2D eigenvalue weighted by atomic mass is 16.5. The molecule has 0 bridgehead atoms. The van der Waals surface area contributed by atoms with Gasteiger partial charge in [0.2, 0.25) is 0 Å². The first kappa shape index (κ1) is 14.7. The zero-order chi connectivity index (χ0) is 14.8. The number of carbonyl (C=O) groups is 1. The van der Waals surface area contributed by atoms with Gasteiger partial charge in [-0.1, -0.05) is 26.8 Å². The second-order valence-electron chi connectivity index (χ2n) is 6.55. The summed E-state index contributed by atoms with van der Waals surface area (Å²) >= 11 is 0. The van der Waals surface area contributed by atoms with E-state index in [1.54, 1.807) is 12.1 Å². The first-order valence-electron chi connectivity index (χ1n) is 7.12. The van der Waals surface area contributed by atoms with E-state index in [2.05, 4.69) is 20.8 Å². The van der Waals surface area contributed by atoms with Gasteiger partial charge >= 0.3 is 0 Å². The molecule has 2 rings (SSSR count). The molecule has 4 nitrogen and oxygen atoms in total. The SMILES string of the molecule is CC(C)(C)C1CCN(C(=O)COc2cccc(N)c2)C1. The summed E-state index contributed by atoms with van der Waals surface area (Å²) < 4.78 is 5.51. The molecule has 20 heavy (non-hydrogen) atoms. The molecule has 1 unspecified atom stereocenters. The summed E-state index contributed by atoms with van der Waals surface area (Å²) in [6, 6.07) is 7.16. The Bertz CT molecular complexity index is 480. The van der Waals surface area contributed by atoms with Gasteiger partial charge in [-0.15, -0.1) is 0 Å². The molecule has 1 atom stereocenters. The van der Waals surface area contributed by atoms with Crippen molar-refractivity contribution in [2.75, 3.05) is 25.4 Å². The van der Waals surface area contributed by atoms with Crippen LogP contribution in [0.4, 0.5) is 5.69 Å². The number of nitrogens with zero attached hydrogens (tertiary/aromatic N) is 1. The number of rotatable bonds is 3. The predicted molar refractivity (Wildman–Crippen MR) is 80.5 cm³/mol. The minimum atomic E-state index is 0.0548. The van der Waals surface area contributed by atoms with E-state index >= 15 is 0 Å². The van der Waals surface area contributed by atoms with Crippen molar-refractivity contribution in [3.8, 4) is 5.75 Å². The number of benzene rings is 1. The van der Waals surface area contributed by atoms with Gasteiger partial charge in [0.05, 0.1) is 0 Å². The van der Waals surface area contributed by atoms with Gasteiger partial charge in [-0.05, 0) is 29.9 Å². The standard InChI is InChI=1S/C16H24N2O2/c1-16(2,3)12-7-8-18(10-12)15(19)11-20-14-6-4-5-13(17)9-14/h4-6,9,12H,7-8,10-11,17H2,1-3H3. The van der Waals surface area contributed by atoms with E-state index < -0.39 is 0 Å². The molecule has 1 fully saturated rings. The highest BCUT2D eigenvalue weighted by Crippen LogP contribution is 2.33. The van der Waals surface area contributed by atoms with Gasteiger partial charge in [0.15, 0.2) is 6.61 Å². The number of amides is 1. The maximum absolute atomic E-state index is 12.1. The van der Waals surface area contributed by atoms with Gasteiger partial charge in [-0.3, -0.25) is 4.79 Å². The van der Waals surface area contributed by atoms with Crippen molar-refractivity contribution in [2.45, 2.75) is 27.2 Å². The Morgan fingerprint density at radius 1 is 1.45 bits per heavy atom. The number of hydrogen-bond donors (Lipinski definition) is 1. The molecule has 0 aliphatic carbocycles. The van der Waals surface area contributed by atoms with Gasteiger partial charge < -0.3 is 15.4 Å².